The topological polar surface area (TPSA) is 273 Å². The Morgan fingerprint density at radius 3 is 1.88 bits per heavy atom. The Morgan fingerprint density at radius 2 is 1.30 bits per heavy atom. The normalized spacial score (nSPS) is 39.7. The van der Waals surface area contributed by atoms with Crippen molar-refractivity contribution < 1.29 is 88.3 Å². The smallest absolute Gasteiger partial charge is 0.331 e. The maximum Gasteiger partial charge on any atom is 0.331 e. The molecule has 8 N–H and O–H groups in total. The predicted molar refractivity (Wildman–Crippen MR) is 190 cm³/mol. The van der Waals surface area contributed by atoms with Gasteiger partial charge in [-0.05, 0) is 60.5 Å². The van der Waals surface area contributed by atoms with Crippen molar-refractivity contribution in [1.29, 1.82) is 0 Å². The molecule has 4 fully saturated rings. The van der Waals surface area contributed by atoms with Gasteiger partial charge >= 0.3 is 11.9 Å². The van der Waals surface area contributed by atoms with Gasteiger partial charge < -0.3 is 78.7 Å². The van der Waals surface area contributed by atoms with Gasteiger partial charge in [0.1, 0.15) is 53.7 Å². The number of aliphatic hydroxyl groups excluding tert-OH is 6. The maximum atomic E-state index is 13.2. The van der Waals surface area contributed by atoms with Crippen molar-refractivity contribution in [3.63, 3.8) is 0 Å². The van der Waals surface area contributed by atoms with Crippen molar-refractivity contribution in [2.75, 3.05) is 13.2 Å². The number of phenols is 2. The lowest BCUT2D eigenvalue weighted by Gasteiger charge is -2.44. The SMILES string of the molecule is CC1OC(OC2C3C=COC(OC4OC(CO)C(O)C(O)C4O)C3C3(CO)OC23)C(O)C(OC(=O)C=Cc2ccc(O)cc2)C1OC(=O)C=Cc1ccc(O)cc1. The fourth-order valence-electron chi connectivity index (χ4n) is 7.71. The lowest BCUT2D eigenvalue weighted by molar-refractivity contribution is -0.347. The Morgan fingerprint density at radius 1 is 0.719 bits per heavy atom. The molecule has 4 heterocycles. The molecule has 0 amide bonds. The molecule has 1 aliphatic carbocycles. The van der Waals surface area contributed by atoms with Gasteiger partial charge in [0.2, 0.25) is 6.29 Å². The molecule has 2 aromatic rings. The van der Waals surface area contributed by atoms with Crippen LogP contribution in [0, 0.1) is 11.8 Å². The second-order valence-corrected chi connectivity index (χ2v) is 14.4. The summed E-state index contributed by atoms with van der Waals surface area (Å²) >= 11 is 0. The van der Waals surface area contributed by atoms with Crippen molar-refractivity contribution in [3.05, 3.63) is 84.1 Å². The van der Waals surface area contributed by atoms with E-state index in [1.54, 1.807) is 30.3 Å². The number of carbonyl (C=O) groups excluding carboxylic acids is 2. The summed E-state index contributed by atoms with van der Waals surface area (Å²) in [5.41, 5.74) is -0.163. The molecule has 2 aromatic carbocycles. The van der Waals surface area contributed by atoms with Crippen LogP contribution in [-0.2, 0) is 47.5 Å². The van der Waals surface area contributed by atoms with Crippen LogP contribution >= 0.6 is 0 Å². The fraction of sp³-hybridized carbons (Fsp3) is 0.487. The van der Waals surface area contributed by atoms with Gasteiger partial charge in [-0.3, -0.25) is 0 Å². The first-order valence-electron chi connectivity index (χ1n) is 18.2. The van der Waals surface area contributed by atoms with Gasteiger partial charge in [0.25, 0.3) is 0 Å². The van der Waals surface area contributed by atoms with E-state index in [2.05, 4.69) is 0 Å². The Balaban J connectivity index is 1.09. The lowest BCUT2D eigenvalue weighted by atomic mass is 9.85. The maximum absolute atomic E-state index is 13.2. The molecule has 18 heteroatoms. The van der Waals surface area contributed by atoms with Crippen LogP contribution in [0.3, 0.4) is 0 Å². The molecule has 3 saturated heterocycles. The van der Waals surface area contributed by atoms with Gasteiger partial charge in [-0.2, -0.15) is 0 Å². The minimum absolute atomic E-state index is 0.0266. The van der Waals surface area contributed by atoms with E-state index in [1.165, 1.54) is 49.6 Å². The molecule has 5 aliphatic rings. The number of benzene rings is 2. The molecule has 0 aromatic heterocycles. The highest BCUT2D eigenvalue weighted by Crippen LogP contribution is 2.61. The standard InChI is InChI=1S/C39H44O18/c1-18-32(53-25(44)12-6-19-2-8-21(42)9-3-19)34(54-26(45)13-7-20-4-10-22(43)11-5-20)31(49)38(51-18)55-33-23-14-15-50-36(27(23)39(17-41)35(33)57-39)56-37-30(48)29(47)28(46)24(16-40)52-37/h2-15,18,23-24,27-38,40-43,46-49H,16-17H2,1H3. The summed E-state index contributed by atoms with van der Waals surface area (Å²) in [5, 5.41) is 82.2. The summed E-state index contributed by atoms with van der Waals surface area (Å²) < 4.78 is 47.0. The van der Waals surface area contributed by atoms with Crippen LogP contribution < -0.4 is 0 Å². The minimum atomic E-state index is -1.75. The molecule has 16 unspecified atom stereocenters. The summed E-state index contributed by atoms with van der Waals surface area (Å²) in [7, 11) is 0. The Hall–Kier alpha value is -4.44. The minimum Gasteiger partial charge on any atom is -0.508 e. The zero-order valence-corrected chi connectivity index (χ0v) is 30.3. The van der Waals surface area contributed by atoms with Crippen LogP contribution in [0.1, 0.15) is 18.1 Å². The molecule has 308 valence electrons. The summed E-state index contributed by atoms with van der Waals surface area (Å²) in [5.74, 6) is -3.16. The summed E-state index contributed by atoms with van der Waals surface area (Å²) in [6.07, 6.45) is -10.1. The molecular formula is C39H44O18. The number of fused-ring (bicyclic) bond motifs is 3. The van der Waals surface area contributed by atoms with Crippen LogP contribution in [0.4, 0.5) is 0 Å². The molecule has 7 rings (SSSR count). The highest BCUT2D eigenvalue weighted by Gasteiger charge is 2.77. The molecule has 0 bridgehead atoms. The number of carbonyl (C=O) groups is 2. The summed E-state index contributed by atoms with van der Waals surface area (Å²) in [4.78, 5) is 26.2. The third-order valence-corrected chi connectivity index (χ3v) is 10.8. The second kappa shape index (κ2) is 16.8. The average Bonchev–Trinajstić information content (AvgIpc) is 3.88. The molecule has 57 heavy (non-hydrogen) atoms. The Labute approximate surface area is 325 Å². The van der Waals surface area contributed by atoms with Gasteiger partial charge in [0, 0.05) is 18.1 Å². The molecule has 16 atom stereocenters. The zero-order valence-electron chi connectivity index (χ0n) is 30.3. The number of ether oxygens (including phenoxy) is 8. The highest BCUT2D eigenvalue weighted by molar-refractivity contribution is 5.88. The van der Waals surface area contributed by atoms with Crippen molar-refractivity contribution in [1.82, 2.24) is 0 Å². The molecule has 1 saturated carbocycles. The van der Waals surface area contributed by atoms with Gasteiger partial charge in [-0.15, -0.1) is 0 Å². The number of hydrogen-bond donors (Lipinski definition) is 8. The van der Waals surface area contributed by atoms with E-state index in [4.69, 9.17) is 37.9 Å². The molecule has 4 aliphatic heterocycles. The van der Waals surface area contributed by atoms with E-state index in [0.29, 0.717) is 11.1 Å². The third kappa shape index (κ3) is 8.30. The van der Waals surface area contributed by atoms with Crippen molar-refractivity contribution >= 4 is 24.1 Å². The van der Waals surface area contributed by atoms with E-state index < -0.39 is 122 Å². The Bertz CT molecular complexity index is 1810. The molecule has 0 radical (unpaired) electrons. The van der Waals surface area contributed by atoms with Crippen molar-refractivity contribution in [3.8, 4) is 11.5 Å². The predicted octanol–water partition coefficient (Wildman–Crippen LogP) is -0.799. The van der Waals surface area contributed by atoms with Crippen molar-refractivity contribution in [2.24, 2.45) is 11.8 Å². The first kappa shape index (κ1) is 40.7. The van der Waals surface area contributed by atoms with Crippen LogP contribution in [0.25, 0.3) is 12.2 Å². The number of phenolic OH excluding ortho intramolecular Hbond substituents is 2. The van der Waals surface area contributed by atoms with Crippen molar-refractivity contribution in [2.45, 2.75) is 92.4 Å². The summed E-state index contributed by atoms with van der Waals surface area (Å²) in [6, 6.07) is 12.0. The van der Waals surface area contributed by atoms with Crippen LogP contribution in [-0.4, -0.2) is 152 Å². The number of epoxide rings is 1. The molecule has 0 spiro atoms. The first-order valence-corrected chi connectivity index (χ1v) is 18.2. The highest BCUT2D eigenvalue weighted by atomic mass is 16.8. The van der Waals surface area contributed by atoms with E-state index in [0.717, 1.165) is 12.2 Å². The average molecular weight is 801 g/mol. The van der Waals surface area contributed by atoms with Crippen LogP contribution in [0.2, 0.25) is 0 Å². The second-order valence-electron chi connectivity index (χ2n) is 14.4. The number of rotatable bonds is 12. The lowest BCUT2D eigenvalue weighted by Crippen LogP contribution is -2.61. The molecule has 18 nitrogen and oxygen atoms in total. The monoisotopic (exact) mass is 800 g/mol. The molecular weight excluding hydrogens is 756 g/mol. The van der Waals surface area contributed by atoms with Gasteiger partial charge in [0.05, 0.1) is 37.6 Å². The zero-order chi connectivity index (χ0) is 40.6. The van der Waals surface area contributed by atoms with Crippen LogP contribution in [0.5, 0.6) is 11.5 Å². The van der Waals surface area contributed by atoms with Crippen LogP contribution in [0.15, 0.2) is 73.0 Å². The van der Waals surface area contributed by atoms with E-state index in [1.807, 2.05) is 0 Å². The van der Waals surface area contributed by atoms with E-state index >= 15 is 0 Å². The number of esters is 2. The number of aliphatic hydroxyl groups is 6. The van der Waals surface area contributed by atoms with Gasteiger partial charge in [-0.25, -0.2) is 9.59 Å². The third-order valence-electron chi connectivity index (χ3n) is 10.8. The first-order chi connectivity index (χ1) is 27.3. The van der Waals surface area contributed by atoms with E-state index in [-0.39, 0.29) is 11.5 Å². The van der Waals surface area contributed by atoms with Gasteiger partial charge in [0.15, 0.2) is 24.8 Å². The number of hydrogen-bond acceptors (Lipinski definition) is 18. The number of aromatic hydroxyl groups is 2. The quantitative estimate of drug-likeness (QED) is 0.0742. The van der Waals surface area contributed by atoms with E-state index in [9.17, 15) is 50.4 Å². The summed E-state index contributed by atoms with van der Waals surface area (Å²) in [6.45, 7) is 0.310. The fourth-order valence-corrected chi connectivity index (χ4v) is 7.71. The largest absolute Gasteiger partial charge is 0.508 e. The Kier molecular flexibility index (Phi) is 12.0. The van der Waals surface area contributed by atoms with Gasteiger partial charge in [-0.1, -0.05) is 24.3 Å².